The number of hydrogen-bond donors (Lipinski definition) is 3. The van der Waals surface area contributed by atoms with E-state index in [1.54, 1.807) is 5.38 Å². The molecule has 1 saturated heterocycles. The van der Waals surface area contributed by atoms with Crippen LogP contribution in [0.2, 0.25) is 0 Å². The van der Waals surface area contributed by atoms with Crippen LogP contribution in [0.25, 0.3) is 11.0 Å². The molecule has 1 aromatic carbocycles. The van der Waals surface area contributed by atoms with Crippen LogP contribution in [0.4, 0.5) is 11.4 Å². The molecule has 9 heteroatoms. The molecule has 1 aliphatic rings. The van der Waals surface area contributed by atoms with Crippen LogP contribution in [0, 0.1) is 0 Å². The SMILES string of the molecule is CN(C)Cc1nc(C(=O)Nc2cc3[nH]c(=O)[nH]c3cc2N2CCCC2)cs1. The molecule has 142 valence electrons. The van der Waals surface area contributed by atoms with Crippen LogP contribution < -0.4 is 15.9 Å². The zero-order valence-electron chi connectivity index (χ0n) is 15.3. The standard InChI is InChI=1S/C18H22N6O2S/c1-23(2)9-16-19-14(10-27-16)17(25)20-13-7-11-12(22-18(26)21-11)8-15(13)24-5-3-4-6-24/h7-8,10H,3-6,9H2,1-2H3,(H,20,25)(H2,21,22,26). The Bertz CT molecular complexity index is 1030. The van der Waals surface area contributed by atoms with Gasteiger partial charge in [-0.1, -0.05) is 0 Å². The highest BCUT2D eigenvalue weighted by atomic mass is 32.1. The van der Waals surface area contributed by atoms with Crippen LogP contribution in [0.1, 0.15) is 28.3 Å². The number of aromatic amines is 2. The summed E-state index contributed by atoms with van der Waals surface area (Å²) >= 11 is 1.48. The lowest BCUT2D eigenvalue weighted by Gasteiger charge is -2.21. The van der Waals surface area contributed by atoms with Gasteiger partial charge in [0.1, 0.15) is 10.7 Å². The maximum absolute atomic E-state index is 12.7. The zero-order chi connectivity index (χ0) is 19.0. The molecule has 3 heterocycles. The van der Waals surface area contributed by atoms with Gasteiger partial charge in [0.15, 0.2) is 0 Å². The fourth-order valence-electron chi connectivity index (χ4n) is 3.34. The van der Waals surface area contributed by atoms with Gasteiger partial charge in [-0.15, -0.1) is 11.3 Å². The minimum absolute atomic E-state index is 0.242. The first-order valence-corrected chi connectivity index (χ1v) is 9.79. The van der Waals surface area contributed by atoms with Crippen molar-refractivity contribution in [3.05, 3.63) is 38.7 Å². The Morgan fingerprint density at radius 1 is 1.26 bits per heavy atom. The van der Waals surface area contributed by atoms with Crippen LogP contribution in [0.3, 0.4) is 0 Å². The number of fused-ring (bicyclic) bond motifs is 1. The molecule has 0 saturated carbocycles. The van der Waals surface area contributed by atoms with Crippen molar-refractivity contribution in [1.29, 1.82) is 0 Å². The Hall–Kier alpha value is -2.65. The fraction of sp³-hybridized carbons (Fsp3) is 0.389. The van der Waals surface area contributed by atoms with Crippen LogP contribution in [-0.4, -0.2) is 52.9 Å². The summed E-state index contributed by atoms with van der Waals surface area (Å²) in [5.41, 5.74) is 3.17. The number of carbonyl (C=O) groups excluding carboxylic acids is 1. The van der Waals surface area contributed by atoms with Crippen LogP contribution >= 0.6 is 11.3 Å². The van der Waals surface area contributed by atoms with E-state index >= 15 is 0 Å². The predicted molar refractivity (Wildman–Crippen MR) is 108 cm³/mol. The van der Waals surface area contributed by atoms with Crippen molar-refractivity contribution in [2.75, 3.05) is 37.4 Å². The minimum atomic E-state index is -0.256. The van der Waals surface area contributed by atoms with Crippen molar-refractivity contribution in [2.24, 2.45) is 0 Å². The van der Waals surface area contributed by atoms with Crippen molar-refractivity contribution < 1.29 is 4.79 Å². The lowest BCUT2D eigenvalue weighted by atomic mass is 10.2. The van der Waals surface area contributed by atoms with Gasteiger partial charge in [-0.3, -0.25) is 4.79 Å². The van der Waals surface area contributed by atoms with Gasteiger partial charge in [-0.2, -0.15) is 0 Å². The summed E-state index contributed by atoms with van der Waals surface area (Å²) in [7, 11) is 3.94. The van der Waals surface area contributed by atoms with Gasteiger partial charge in [-0.05, 0) is 39.1 Å². The maximum Gasteiger partial charge on any atom is 0.323 e. The second-order valence-electron chi connectivity index (χ2n) is 7.01. The minimum Gasteiger partial charge on any atom is -0.370 e. The third-order valence-electron chi connectivity index (χ3n) is 4.56. The Kier molecular flexibility index (Phi) is 4.71. The van der Waals surface area contributed by atoms with Gasteiger partial charge in [0, 0.05) is 25.0 Å². The molecule has 1 amide bonds. The highest BCUT2D eigenvalue weighted by molar-refractivity contribution is 7.09. The number of hydrogen-bond acceptors (Lipinski definition) is 6. The average Bonchev–Trinajstić information content (AvgIpc) is 3.33. The van der Waals surface area contributed by atoms with E-state index in [0.29, 0.717) is 23.4 Å². The van der Waals surface area contributed by atoms with Crippen molar-refractivity contribution in [2.45, 2.75) is 19.4 Å². The second kappa shape index (κ2) is 7.16. The van der Waals surface area contributed by atoms with Crippen molar-refractivity contribution in [1.82, 2.24) is 19.9 Å². The number of aromatic nitrogens is 3. The molecular weight excluding hydrogens is 364 g/mol. The summed E-state index contributed by atoms with van der Waals surface area (Å²) in [6.45, 7) is 2.58. The van der Waals surface area contributed by atoms with Gasteiger partial charge >= 0.3 is 5.69 Å². The number of thiazole rings is 1. The first-order valence-electron chi connectivity index (χ1n) is 8.91. The van der Waals surface area contributed by atoms with Crippen molar-refractivity contribution >= 4 is 39.7 Å². The largest absolute Gasteiger partial charge is 0.370 e. The summed E-state index contributed by atoms with van der Waals surface area (Å²) in [6, 6.07) is 3.73. The highest BCUT2D eigenvalue weighted by Gasteiger charge is 2.20. The maximum atomic E-state index is 12.7. The van der Waals surface area contributed by atoms with Gasteiger partial charge in [-0.25, -0.2) is 9.78 Å². The number of benzene rings is 1. The molecule has 0 unspecified atom stereocenters. The molecule has 2 aromatic heterocycles. The lowest BCUT2D eigenvalue weighted by molar-refractivity contribution is 0.102. The first-order chi connectivity index (χ1) is 13.0. The number of amides is 1. The fourth-order valence-corrected chi connectivity index (χ4v) is 4.23. The molecule has 4 rings (SSSR count). The average molecular weight is 386 g/mol. The van der Waals surface area contributed by atoms with Crippen LogP contribution in [-0.2, 0) is 6.54 Å². The summed E-state index contributed by atoms with van der Waals surface area (Å²) in [6.07, 6.45) is 2.24. The second-order valence-corrected chi connectivity index (χ2v) is 7.95. The van der Waals surface area contributed by atoms with Gasteiger partial charge in [0.25, 0.3) is 5.91 Å². The monoisotopic (exact) mass is 386 g/mol. The van der Waals surface area contributed by atoms with E-state index in [0.717, 1.165) is 42.1 Å². The summed E-state index contributed by atoms with van der Waals surface area (Å²) < 4.78 is 0. The number of nitrogens with one attached hydrogen (secondary N) is 3. The third kappa shape index (κ3) is 3.74. The van der Waals surface area contributed by atoms with E-state index in [2.05, 4.69) is 25.2 Å². The molecule has 0 spiro atoms. The van der Waals surface area contributed by atoms with Gasteiger partial charge < -0.3 is 25.1 Å². The summed E-state index contributed by atoms with van der Waals surface area (Å²) in [5, 5.41) is 5.66. The van der Waals surface area contributed by atoms with E-state index in [1.807, 2.05) is 31.1 Å². The molecule has 3 N–H and O–H groups in total. The van der Waals surface area contributed by atoms with E-state index < -0.39 is 0 Å². The third-order valence-corrected chi connectivity index (χ3v) is 5.40. The molecule has 1 aliphatic heterocycles. The summed E-state index contributed by atoms with van der Waals surface area (Å²) in [5.74, 6) is -0.242. The number of carbonyl (C=O) groups is 1. The van der Waals surface area contributed by atoms with Crippen molar-refractivity contribution in [3.63, 3.8) is 0 Å². The molecule has 0 bridgehead atoms. The number of rotatable bonds is 5. The molecule has 0 radical (unpaired) electrons. The zero-order valence-corrected chi connectivity index (χ0v) is 16.2. The molecule has 1 fully saturated rings. The summed E-state index contributed by atoms with van der Waals surface area (Å²) in [4.78, 5) is 38.6. The molecule has 0 aliphatic carbocycles. The van der Waals surface area contributed by atoms with Crippen LogP contribution in [0.15, 0.2) is 22.3 Å². The normalized spacial score (nSPS) is 14.4. The van der Waals surface area contributed by atoms with Crippen molar-refractivity contribution in [3.8, 4) is 0 Å². The van der Waals surface area contributed by atoms with E-state index in [9.17, 15) is 9.59 Å². The molecule has 3 aromatic rings. The molecular formula is C18H22N6O2S. The van der Waals surface area contributed by atoms with Gasteiger partial charge in [0.2, 0.25) is 0 Å². The molecule has 8 nitrogen and oxygen atoms in total. The van der Waals surface area contributed by atoms with E-state index in [-0.39, 0.29) is 11.6 Å². The number of anilines is 2. The van der Waals surface area contributed by atoms with Crippen LogP contribution in [0.5, 0.6) is 0 Å². The Balaban J connectivity index is 1.65. The Morgan fingerprint density at radius 3 is 2.67 bits per heavy atom. The van der Waals surface area contributed by atoms with E-state index in [4.69, 9.17) is 0 Å². The van der Waals surface area contributed by atoms with Gasteiger partial charge in [0.05, 0.1) is 22.4 Å². The number of H-pyrrole nitrogens is 2. The highest BCUT2D eigenvalue weighted by Crippen LogP contribution is 2.32. The predicted octanol–water partition coefficient (Wildman–Crippen LogP) is 2.23. The topological polar surface area (TPSA) is 97.1 Å². The Morgan fingerprint density at radius 2 is 1.96 bits per heavy atom. The number of nitrogens with zero attached hydrogens (tertiary/aromatic N) is 3. The quantitative estimate of drug-likeness (QED) is 0.625. The smallest absolute Gasteiger partial charge is 0.323 e. The molecule has 0 atom stereocenters. The van der Waals surface area contributed by atoms with E-state index in [1.165, 1.54) is 11.3 Å². The molecule has 27 heavy (non-hydrogen) atoms. The lowest BCUT2D eigenvalue weighted by Crippen LogP contribution is -2.21. The Labute approximate surface area is 160 Å². The number of imidazole rings is 1. The first kappa shape index (κ1) is 17.7.